The predicted octanol–water partition coefficient (Wildman–Crippen LogP) is 6.01. The lowest BCUT2D eigenvalue weighted by molar-refractivity contribution is -0.115. The van der Waals surface area contributed by atoms with Gasteiger partial charge in [0.2, 0.25) is 5.91 Å². The third kappa shape index (κ3) is 3.86. The van der Waals surface area contributed by atoms with E-state index in [1.807, 2.05) is 42.5 Å². The summed E-state index contributed by atoms with van der Waals surface area (Å²) >= 11 is 0. The van der Waals surface area contributed by atoms with Crippen LogP contribution in [-0.4, -0.2) is 17.0 Å². The number of rotatable bonds is 5. The van der Waals surface area contributed by atoms with Crippen molar-refractivity contribution >= 4 is 34.0 Å². The maximum absolute atomic E-state index is 12.3. The fraction of sp³-hybridized carbons (Fsp3) is 0.0400. The number of fused-ring (bicyclic) bond motifs is 1. The Labute approximate surface area is 173 Å². The van der Waals surface area contributed by atoms with Crippen molar-refractivity contribution in [1.29, 1.82) is 0 Å². The molecule has 0 unspecified atom stereocenters. The summed E-state index contributed by atoms with van der Waals surface area (Å²) in [6.45, 7) is 1.40. The maximum Gasteiger partial charge on any atom is 0.337 e. The molecule has 4 rings (SSSR count). The minimum Gasteiger partial charge on any atom is -0.478 e. The summed E-state index contributed by atoms with van der Waals surface area (Å²) in [4.78, 5) is 25.3. The molecule has 0 fully saturated rings. The van der Waals surface area contributed by atoms with E-state index in [2.05, 4.69) is 0 Å². The van der Waals surface area contributed by atoms with Crippen molar-refractivity contribution in [2.45, 2.75) is 6.92 Å². The Bertz CT molecular complexity index is 1230. The molecular formula is C25H19NO4. The molecule has 0 atom stereocenters. The molecule has 148 valence electrons. The molecule has 0 aliphatic heterocycles. The summed E-state index contributed by atoms with van der Waals surface area (Å²) in [5, 5.41) is 11.7. The van der Waals surface area contributed by atoms with Crippen molar-refractivity contribution in [2.24, 2.45) is 0 Å². The standard InChI is InChI=1S/C25H19NO4/c1-17(27)26(24-9-5-4-8-23(24)25(28)29)20-11-14-21(15-12-20)30-22-13-10-18-6-2-3-7-19(18)16-22/h2-16H,1H3,(H,28,29). The number of hydrogen-bond donors (Lipinski definition) is 1. The summed E-state index contributed by atoms with van der Waals surface area (Å²) in [5.74, 6) is -0.0508. The maximum atomic E-state index is 12.3. The number of carbonyl (C=O) groups is 2. The molecule has 1 N–H and O–H groups in total. The molecule has 30 heavy (non-hydrogen) atoms. The first-order chi connectivity index (χ1) is 14.5. The Balaban J connectivity index is 1.62. The number of carboxylic acid groups (broad SMARTS) is 1. The molecule has 0 aromatic heterocycles. The number of carbonyl (C=O) groups excluding carboxylic acids is 1. The van der Waals surface area contributed by atoms with Crippen LogP contribution in [0.3, 0.4) is 0 Å². The van der Waals surface area contributed by atoms with Gasteiger partial charge >= 0.3 is 5.97 Å². The minimum atomic E-state index is -1.09. The smallest absolute Gasteiger partial charge is 0.337 e. The van der Waals surface area contributed by atoms with Gasteiger partial charge in [-0.15, -0.1) is 0 Å². The molecule has 0 aliphatic carbocycles. The van der Waals surface area contributed by atoms with E-state index >= 15 is 0 Å². The topological polar surface area (TPSA) is 66.8 Å². The average molecular weight is 397 g/mol. The predicted molar refractivity (Wildman–Crippen MR) is 117 cm³/mol. The molecule has 4 aromatic carbocycles. The normalized spacial score (nSPS) is 10.6. The van der Waals surface area contributed by atoms with Gasteiger partial charge in [-0.2, -0.15) is 0 Å². The van der Waals surface area contributed by atoms with Crippen LogP contribution in [0.15, 0.2) is 91.0 Å². The molecule has 0 saturated carbocycles. The van der Waals surface area contributed by atoms with Gasteiger partial charge in [-0.3, -0.25) is 9.69 Å². The van der Waals surface area contributed by atoms with Crippen LogP contribution in [0.1, 0.15) is 17.3 Å². The zero-order valence-electron chi connectivity index (χ0n) is 16.3. The molecule has 0 bridgehead atoms. The van der Waals surface area contributed by atoms with E-state index in [4.69, 9.17) is 4.74 Å². The van der Waals surface area contributed by atoms with Gasteiger partial charge < -0.3 is 9.84 Å². The average Bonchev–Trinajstić information content (AvgIpc) is 2.75. The molecular weight excluding hydrogens is 378 g/mol. The number of carboxylic acids is 1. The first-order valence-electron chi connectivity index (χ1n) is 9.43. The molecule has 5 nitrogen and oxygen atoms in total. The second kappa shape index (κ2) is 8.09. The Morgan fingerprint density at radius 1 is 0.767 bits per heavy atom. The highest BCUT2D eigenvalue weighted by Crippen LogP contribution is 2.32. The van der Waals surface area contributed by atoms with Gasteiger partial charge in [-0.1, -0.05) is 42.5 Å². The highest BCUT2D eigenvalue weighted by Gasteiger charge is 2.20. The highest BCUT2D eigenvalue weighted by atomic mass is 16.5. The SMILES string of the molecule is CC(=O)N(c1ccc(Oc2ccc3ccccc3c2)cc1)c1ccccc1C(=O)O. The minimum absolute atomic E-state index is 0.0594. The van der Waals surface area contributed by atoms with Crippen molar-refractivity contribution in [3.63, 3.8) is 0 Å². The lowest BCUT2D eigenvalue weighted by Gasteiger charge is -2.23. The summed E-state index contributed by atoms with van der Waals surface area (Å²) in [5.41, 5.74) is 0.937. The molecule has 0 radical (unpaired) electrons. The highest BCUT2D eigenvalue weighted by molar-refractivity contribution is 6.05. The fourth-order valence-electron chi connectivity index (χ4n) is 3.37. The monoisotopic (exact) mass is 397 g/mol. The lowest BCUT2D eigenvalue weighted by Crippen LogP contribution is -2.24. The number of hydrogen-bond acceptors (Lipinski definition) is 3. The van der Waals surface area contributed by atoms with E-state index in [1.165, 1.54) is 17.9 Å². The van der Waals surface area contributed by atoms with Crippen LogP contribution < -0.4 is 9.64 Å². The van der Waals surface area contributed by atoms with Crippen LogP contribution in [0.5, 0.6) is 11.5 Å². The van der Waals surface area contributed by atoms with E-state index in [0.717, 1.165) is 10.8 Å². The zero-order chi connectivity index (χ0) is 21.1. The summed E-state index contributed by atoms with van der Waals surface area (Å²) < 4.78 is 5.95. The molecule has 0 spiro atoms. The second-order valence-corrected chi connectivity index (χ2v) is 6.78. The van der Waals surface area contributed by atoms with E-state index in [0.29, 0.717) is 22.9 Å². The summed E-state index contributed by atoms with van der Waals surface area (Å²) in [6, 6.07) is 27.3. The van der Waals surface area contributed by atoms with Crippen molar-refractivity contribution in [3.8, 4) is 11.5 Å². The number of ether oxygens (including phenoxy) is 1. The second-order valence-electron chi connectivity index (χ2n) is 6.78. The van der Waals surface area contributed by atoms with Crippen molar-refractivity contribution in [1.82, 2.24) is 0 Å². The summed E-state index contributed by atoms with van der Waals surface area (Å²) in [7, 11) is 0. The largest absolute Gasteiger partial charge is 0.478 e. The van der Waals surface area contributed by atoms with E-state index in [1.54, 1.807) is 42.5 Å². The molecule has 0 heterocycles. The van der Waals surface area contributed by atoms with Crippen molar-refractivity contribution in [3.05, 3.63) is 96.6 Å². The van der Waals surface area contributed by atoms with Gasteiger partial charge in [-0.25, -0.2) is 4.79 Å². The van der Waals surface area contributed by atoms with Crippen LogP contribution in [0.2, 0.25) is 0 Å². The third-order valence-electron chi connectivity index (χ3n) is 4.74. The molecule has 0 aliphatic rings. The van der Waals surface area contributed by atoms with Gasteiger partial charge in [-0.05, 0) is 59.3 Å². The quantitative estimate of drug-likeness (QED) is 0.447. The number of amides is 1. The number of benzene rings is 4. The molecule has 0 saturated heterocycles. The van der Waals surface area contributed by atoms with E-state index < -0.39 is 5.97 Å². The Morgan fingerprint density at radius 2 is 1.40 bits per heavy atom. The number of anilines is 2. The number of nitrogens with zero attached hydrogens (tertiary/aromatic N) is 1. The molecule has 1 amide bonds. The summed E-state index contributed by atoms with van der Waals surface area (Å²) in [6.07, 6.45) is 0. The van der Waals surface area contributed by atoms with Crippen LogP contribution in [0.25, 0.3) is 10.8 Å². The van der Waals surface area contributed by atoms with Gasteiger partial charge in [0.1, 0.15) is 11.5 Å². The van der Waals surface area contributed by atoms with Crippen LogP contribution >= 0.6 is 0 Å². The lowest BCUT2D eigenvalue weighted by atomic mass is 10.1. The van der Waals surface area contributed by atoms with Crippen molar-refractivity contribution in [2.75, 3.05) is 4.90 Å². The van der Waals surface area contributed by atoms with E-state index in [9.17, 15) is 14.7 Å². The zero-order valence-corrected chi connectivity index (χ0v) is 16.3. The van der Waals surface area contributed by atoms with Crippen LogP contribution in [0, 0.1) is 0 Å². The van der Waals surface area contributed by atoms with Crippen LogP contribution in [0.4, 0.5) is 11.4 Å². The van der Waals surface area contributed by atoms with Gasteiger partial charge in [0.25, 0.3) is 0 Å². The van der Waals surface area contributed by atoms with Gasteiger partial charge in [0, 0.05) is 12.6 Å². The number of aromatic carboxylic acids is 1. The Hall–Kier alpha value is -4.12. The Kier molecular flexibility index (Phi) is 5.18. The van der Waals surface area contributed by atoms with Crippen molar-refractivity contribution < 1.29 is 19.4 Å². The van der Waals surface area contributed by atoms with Crippen LogP contribution in [-0.2, 0) is 4.79 Å². The van der Waals surface area contributed by atoms with Gasteiger partial charge in [0.05, 0.1) is 11.3 Å². The third-order valence-corrected chi connectivity index (χ3v) is 4.74. The first kappa shape index (κ1) is 19.2. The van der Waals surface area contributed by atoms with Gasteiger partial charge in [0.15, 0.2) is 0 Å². The van der Waals surface area contributed by atoms with E-state index in [-0.39, 0.29) is 11.5 Å². The number of para-hydroxylation sites is 1. The first-order valence-corrected chi connectivity index (χ1v) is 9.43. The molecule has 5 heteroatoms. The Morgan fingerprint density at radius 3 is 2.10 bits per heavy atom. The molecule has 4 aromatic rings. The fourth-order valence-corrected chi connectivity index (χ4v) is 3.37.